The molecule has 0 saturated heterocycles. The third-order valence-electron chi connectivity index (χ3n) is 4.07. The van der Waals surface area contributed by atoms with Gasteiger partial charge in [-0.3, -0.25) is 4.79 Å². The molecular weight excluding hydrogens is 306 g/mol. The summed E-state index contributed by atoms with van der Waals surface area (Å²) in [5, 5.41) is 0. The van der Waals surface area contributed by atoms with Crippen molar-refractivity contribution >= 4 is 11.8 Å². The summed E-state index contributed by atoms with van der Waals surface area (Å²) in [6.45, 7) is 3.45. The number of hydrogen-bond acceptors (Lipinski definition) is 5. The number of Topliss-reactive ketones (excluding diaryl/α,β-unsaturated/α-hetero) is 1. The molecule has 0 saturated carbocycles. The van der Waals surface area contributed by atoms with E-state index < -0.39 is 12.0 Å². The lowest BCUT2D eigenvalue weighted by atomic mass is 9.88. The van der Waals surface area contributed by atoms with Crippen LogP contribution in [0.15, 0.2) is 42.5 Å². The van der Waals surface area contributed by atoms with Crippen LogP contribution in [0.1, 0.15) is 41.3 Å². The maximum atomic E-state index is 12.2. The van der Waals surface area contributed by atoms with Crippen LogP contribution >= 0.6 is 0 Å². The monoisotopic (exact) mass is 325 g/mol. The Balaban J connectivity index is 2.06. The van der Waals surface area contributed by atoms with Gasteiger partial charge in [0.2, 0.25) is 0 Å². The van der Waals surface area contributed by atoms with Crippen molar-refractivity contribution in [2.75, 3.05) is 6.61 Å². The summed E-state index contributed by atoms with van der Waals surface area (Å²) in [6, 6.07) is 12.2. The number of carbonyl (C=O) groups is 2. The smallest absolute Gasteiger partial charge is 0.328 e. The maximum absolute atomic E-state index is 12.2. The summed E-state index contributed by atoms with van der Waals surface area (Å²) in [5.74, 6) is 0.246. The van der Waals surface area contributed by atoms with Gasteiger partial charge in [0.15, 0.2) is 5.78 Å². The highest BCUT2D eigenvalue weighted by molar-refractivity contribution is 5.99. The second kappa shape index (κ2) is 6.45. The number of nitrogens with two attached hydrogens (primary N) is 1. The normalized spacial score (nSPS) is 16.9. The third kappa shape index (κ3) is 2.90. The highest BCUT2D eigenvalue weighted by atomic mass is 16.5. The molecule has 2 atom stereocenters. The molecule has 2 N–H and O–H groups in total. The van der Waals surface area contributed by atoms with Crippen LogP contribution in [0.2, 0.25) is 0 Å². The van der Waals surface area contributed by atoms with Crippen molar-refractivity contribution < 1.29 is 19.1 Å². The Hall–Kier alpha value is -2.66. The van der Waals surface area contributed by atoms with E-state index in [1.54, 1.807) is 19.1 Å². The molecule has 1 unspecified atom stereocenters. The molecule has 1 aliphatic rings. The summed E-state index contributed by atoms with van der Waals surface area (Å²) >= 11 is 0. The first kappa shape index (κ1) is 16.2. The Morgan fingerprint density at radius 1 is 1.17 bits per heavy atom. The number of fused-ring (bicyclic) bond motifs is 1. The predicted molar refractivity (Wildman–Crippen MR) is 89.5 cm³/mol. The van der Waals surface area contributed by atoms with Gasteiger partial charge < -0.3 is 15.2 Å². The highest BCUT2D eigenvalue weighted by Crippen LogP contribution is 2.41. The van der Waals surface area contributed by atoms with Gasteiger partial charge in [-0.15, -0.1) is 0 Å². The van der Waals surface area contributed by atoms with Crippen LogP contribution in [0.4, 0.5) is 0 Å². The van der Waals surface area contributed by atoms with Gasteiger partial charge in [0.25, 0.3) is 0 Å². The van der Waals surface area contributed by atoms with Crippen LogP contribution in [0.5, 0.6) is 11.5 Å². The number of ketones is 1. The standard InChI is InChI=1S/C19H19NO4/c1-11(20)19(22)24-17-9-5-7-14(18(17)12(2)21)15-10-23-16-8-4-3-6-13(15)16/h3-9,11,15H,10,20H2,1-2H3/t11?,15-/m1/s1. The Bertz CT molecular complexity index is 798. The molecule has 2 aromatic carbocycles. The molecule has 1 aliphatic heterocycles. The zero-order chi connectivity index (χ0) is 17.3. The lowest BCUT2D eigenvalue weighted by molar-refractivity contribution is -0.135. The fourth-order valence-corrected chi connectivity index (χ4v) is 2.92. The molecule has 0 aromatic heterocycles. The van der Waals surface area contributed by atoms with E-state index in [1.807, 2.05) is 30.3 Å². The van der Waals surface area contributed by atoms with Crippen molar-refractivity contribution in [3.8, 4) is 11.5 Å². The van der Waals surface area contributed by atoms with Gasteiger partial charge in [-0.2, -0.15) is 0 Å². The average Bonchev–Trinajstić information content (AvgIpc) is 2.98. The first-order chi connectivity index (χ1) is 11.5. The number of carbonyl (C=O) groups excluding carboxylic acids is 2. The topological polar surface area (TPSA) is 78.6 Å². The molecule has 1 heterocycles. The van der Waals surface area contributed by atoms with Crippen molar-refractivity contribution in [1.29, 1.82) is 0 Å². The average molecular weight is 325 g/mol. The fourth-order valence-electron chi connectivity index (χ4n) is 2.92. The summed E-state index contributed by atoms with van der Waals surface area (Å²) in [7, 11) is 0. The lowest BCUT2D eigenvalue weighted by Gasteiger charge is -2.17. The molecule has 124 valence electrons. The number of benzene rings is 2. The number of ether oxygens (including phenoxy) is 2. The van der Waals surface area contributed by atoms with E-state index in [0.29, 0.717) is 12.2 Å². The van der Waals surface area contributed by atoms with E-state index in [2.05, 4.69) is 0 Å². The van der Waals surface area contributed by atoms with E-state index in [4.69, 9.17) is 15.2 Å². The molecule has 5 nitrogen and oxygen atoms in total. The Morgan fingerprint density at radius 3 is 2.58 bits per heavy atom. The van der Waals surface area contributed by atoms with E-state index >= 15 is 0 Å². The SMILES string of the molecule is CC(=O)c1c(OC(=O)C(C)N)cccc1[C@@H]1COc2ccccc21. The molecule has 24 heavy (non-hydrogen) atoms. The molecule has 0 bridgehead atoms. The molecule has 2 aromatic rings. The van der Waals surface area contributed by atoms with Gasteiger partial charge in [0.1, 0.15) is 17.5 Å². The van der Waals surface area contributed by atoms with E-state index in [-0.39, 0.29) is 17.5 Å². The van der Waals surface area contributed by atoms with Gasteiger partial charge in [0, 0.05) is 11.5 Å². The van der Waals surface area contributed by atoms with E-state index in [9.17, 15) is 9.59 Å². The van der Waals surface area contributed by atoms with E-state index in [1.165, 1.54) is 6.92 Å². The Labute approximate surface area is 140 Å². The van der Waals surface area contributed by atoms with Crippen LogP contribution in [-0.2, 0) is 4.79 Å². The minimum Gasteiger partial charge on any atom is -0.492 e. The molecule has 5 heteroatoms. The molecule has 0 radical (unpaired) electrons. The molecule has 3 rings (SSSR count). The van der Waals surface area contributed by atoms with Crippen LogP contribution in [0.25, 0.3) is 0 Å². The van der Waals surface area contributed by atoms with Crippen molar-refractivity contribution in [2.24, 2.45) is 5.73 Å². The summed E-state index contributed by atoms with van der Waals surface area (Å²) in [5.41, 5.74) is 7.77. The highest BCUT2D eigenvalue weighted by Gasteiger charge is 2.30. The largest absolute Gasteiger partial charge is 0.492 e. The minimum absolute atomic E-state index is 0.0750. The maximum Gasteiger partial charge on any atom is 0.328 e. The molecular formula is C19H19NO4. The molecule has 0 spiro atoms. The molecule has 0 aliphatic carbocycles. The number of hydrogen-bond donors (Lipinski definition) is 1. The zero-order valence-corrected chi connectivity index (χ0v) is 13.6. The van der Waals surface area contributed by atoms with Gasteiger partial charge in [-0.25, -0.2) is 4.79 Å². The van der Waals surface area contributed by atoms with Gasteiger partial charge in [0.05, 0.1) is 12.2 Å². The van der Waals surface area contributed by atoms with Crippen LogP contribution < -0.4 is 15.2 Å². The minimum atomic E-state index is -0.760. The number of esters is 1. The molecule has 0 fully saturated rings. The van der Waals surface area contributed by atoms with Gasteiger partial charge >= 0.3 is 5.97 Å². The first-order valence-corrected chi connectivity index (χ1v) is 7.82. The van der Waals surface area contributed by atoms with Crippen molar-refractivity contribution in [2.45, 2.75) is 25.8 Å². The van der Waals surface area contributed by atoms with Gasteiger partial charge in [-0.1, -0.05) is 30.3 Å². The number of rotatable bonds is 4. The van der Waals surface area contributed by atoms with Crippen molar-refractivity contribution in [3.05, 3.63) is 59.2 Å². The van der Waals surface area contributed by atoms with Crippen molar-refractivity contribution in [1.82, 2.24) is 0 Å². The third-order valence-corrected chi connectivity index (χ3v) is 4.07. The second-order valence-electron chi connectivity index (χ2n) is 5.89. The number of para-hydroxylation sites is 1. The van der Waals surface area contributed by atoms with Crippen molar-refractivity contribution in [3.63, 3.8) is 0 Å². The first-order valence-electron chi connectivity index (χ1n) is 7.82. The van der Waals surface area contributed by atoms with Crippen LogP contribution in [0, 0.1) is 0 Å². The fraction of sp³-hybridized carbons (Fsp3) is 0.263. The Kier molecular flexibility index (Phi) is 4.36. The van der Waals surface area contributed by atoms with E-state index in [0.717, 1.165) is 16.9 Å². The zero-order valence-electron chi connectivity index (χ0n) is 13.6. The lowest BCUT2D eigenvalue weighted by Crippen LogP contribution is -2.31. The van der Waals surface area contributed by atoms with Crippen LogP contribution in [0.3, 0.4) is 0 Å². The van der Waals surface area contributed by atoms with Crippen LogP contribution in [-0.4, -0.2) is 24.4 Å². The second-order valence-corrected chi connectivity index (χ2v) is 5.89. The summed E-state index contributed by atoms with van der Waals surface area (Å²) < 4.78 is 11.1. The summed E-state index contributed by atoms with van der Waals surface area (Å²) in [4.78, 5) is 24.1. The quantitative estimate of drug-likeness (QED) is 0.531. The Morgan fingerprint density at radius 2 is 1.88 bits per heavy atom. The summed E-state index contributed by atoms with van der Waals surface area (Å²) in [6.07, 6.45) is 0. The predicted octanol–water partition coefficient (Wildman–Crippen LogP) is 2.67. The van der Waals surface area contributed by atoms with Gasteiger partial charge in [-0.05, 0) is 31.5 Å². The molecule has 0 amide bonds.